The third-order valence-electron chi connectivity index (χ3n) is 4.80. The summed E-state index contributed by atoms with van der Waals surface area (Å²) in [6.45, 7) is 1.83. The molecule has 1 aromatic carbocycles. The fourth-order valence-electron chi connectivity index (χ4n) is 3.58. The van der Waals surface area contributed by atoms with Crippen LogP contribution < -0.4 is 4.90 Å². The Bertz CT molecular complexity index is 1010. The lowest BCUT2D eigenvalue weighted by molar-refractivity contribution is 0.412. The molecular weight excluding hydrogens is 314 g/mol. The van der Waals surface area contributed by atoms with Crippen LogP contribution in [-0.2, 0) is 0 Å². The third-order valence-corrected chi connectivity index (χ3v) is 4.80. The van der Waals surface area contributed by atoms with E-state index in [1.165, 1.54) is 0 Å². The third kappa shape index (κ3) is 2.50. The zero-order valence-corrected chi connectivity index (χ0v) is 13.7. The van der Waals surface area contributed by atoms with E-state index in [9.17, 15) is 0 Å². The fraction of sp³-hybridized carbons (Fsp3) is 0.263. The van der Waals surface area contributed by atoms with Gasteiger partial charge in [-0.2, -0.15) is 0 Å². The SMILES string of the molecule is c1ccc2oc(C3CCCN(c4ncnc5cnccc45)C3)nc2c1. The highest BCUT2D eigenvalue weighted by Crippen LogP contribution is 2.32. The molecule has 6 heteroatoms. The van der Waals surface area contributed by atoms with Crippen molar-refractivity contribution in [2.75, 3.05) is 18.0 Å². The molecular formula is C19H17N5O. The molecule has 124 valence electrons. The maximum absolute atomic E-state index is 6.00. The highest BCUT2D eigenvalue weighted by atomic mass is 16.3. The molecule has 0 N–H and O–H groups in total. The van der Waals surface area contributed by atoms with E-state index in [-0.39, 0.29) is 5.92 Å². The molecule has 4 aromatic rings. The van der Waals surface area contributed by atoms with Gasteiger partial charge in [-0.1, -0.05) is 12.1 Å². The number of aromatic nitrogens is 4. The van der Waals surface area contributed by atoms with Crippen molar-refractivity contribution in [2.45, 2.75) is 18.8 Å². The van der Waals surface area contributed by atoms with Crippen molar-refractivity contribution in [3.8, 4) is 0 Å². The van der Waals surface area contributed by atoms with E-state index >= 15 is 0 Å². The van der Waals surface area contributed by atoms with Gasteiger partial charge in [0.25, 0.3) is 0 Å². The summed E-state index contributed by atoms with van der Waals surface area (Å²) in [5.41, 5.74) is 2.65. The number of rotatable bonds is 2. The Kier molecular flexibility index (Phi) is 3.33. The largest absolute Gasteiger partial charge is 0.440 e. The van der Waals surface area contributed by atoms with Crippen molar-refractivity contribution >= 4 is 27.8 Å². The van der Waals surface area contributed by atoms with Crippen LogP contribution in [0.15, 0.2) is 53.5 Å². The molecule has 0 spiro atoms. The summed E-state index contributed by atoms with van der Waals surface area (Å²) in [5.74, 6) is 2.06. The van der Waals surface area contributed by atoms with Crippen molar-refractivity contribution < 1.29 is 4.42 Å². The van der Waals surface area contributed by atoms with Gasteiger partial charge in [0.15, 0.2) is 11.5 Å². The molecule has 0 radical (unpaired) electrons. The Balaban J connectivity index is 1.49. The molecule has 1 unspecified atom stereocenters. The second-order valence-electron chi connectivity index (χ2n) is 6.40. The van der Waals surface area contributed by atoms with Crippen LogP contribution in [0.5, 0.6) is 0 Å². The van der Waals surface area contributed by atoms with Gasteiger partial charge in [0, 0.05) is 24.7 Å². The molecule has 1 atom stereocenters. The van der Waals surface area contributed by atoms with E-state index in [2.05, 4.69) is 19.9 Å². The van der Waals surface area contributed by atoms with Crippen LogP contribution in [0.1, 0.15) is 24.7 Å². The normalized spacial score (nSPS) is 18.1. The minimum Gasteiger partial charge on any atom is -0.440 e. The Labute approximate surface area is 144 Å². The van der Waals surface area contributed by atoms with Gasteiger partial charge in [-0.25, -0.2) is 15.0 Å². The lowest BCUT2D eigenvalue weighted by Gasteiger charge is -2.32. The highest BCUT2D eigenvalue weighted by molar-refractivity contribution is 5.88. The number of anilines is 1. The van der Waals surface area contributed by atoms with Crippen LogP contribution in [0, 0.1) is 0 Å². The van der Waals surface area contributed by atoms with Crippen LogP contribution in [0.4, 0.5) is 5.82 Å². The number of para-hydroxylation sites is 2. The average Bonchev–Trinajstić information content (AvgIpc) is 3.12. The number of pyridine rings is 1. The average molecular weight is 331 g/mol. The van der Waals surface area contributed by atoms with Crippen molar-refractivity contribution in [3.05, 3.63) is 54.9 Å². The molecule has 1 fully saturated rings. The topological polar surface area (TPSA) is 67.9 Å². The summed E-state index contributed by atoms with van der Waals surface area (Å²) >= 11 is 0. The van der Waals surface area contributed by atoms with E-state index in [1.807, 2.05) is 30.3 Å². The Morgan fingerprint density at radius 3 is 3.00 bits per heavy atom. The Morgan fingerprint density at radius 2 is 2.04 bits per heavy atom. The number of fused-ring (bicyclic) bond motifs is 2. The predicted octanol–water partition coefficient (Wildman–Crippen LogP) is 3.55. The van der Waals surface area contributed by atoms with E-state index in [0.717, 1.165) is 59.6 Å². The molecule has 3 aromatic heterocycles. The van der Waals surface area contributed by atoms with Crippen molar-refractivity contribution in [3.63, 3.8) is 0 Å². The minimum atomic E-state index is 0.271. The number of nitrogens with zero attached hydrogens (tertiary/aromatic N) is 5. The molecule has 4 heterocycles. The highest BCUT2D eigenvalue weighted by Gasteiger charge is 2.27. The molecule has 1 aliphatic rings. The molecule has 6 nitrogen and oxygen atoms in total. The Hall–Kier alpha value is -3.02. The second-order valence-corrected chi connectivity index (χ2v) is 6.40. The molecule has 1 aliphatic heterocycles. The molecule has 0 aliphatic carbocycles. The van der Waals surface area contributed by atoms with Crippen molar-refractivity contribution in [1.82, 2.24) is 19.9 Å². The second kappa shape index (κ2) is 5.81. The first kappa shape index (κ1) is 14.3. The molecule has 5 rings (SSSR count). The van der Waals surface area contributed by atoms with E-state index in [1.54, 1.807) is 18.7 Å². The Morgan fingerprint density at radius 1 is 1.08 bits per heavy atom. The van der Waals surface area contributed by atoms with E-state index in [0.29, 0.717) is 0 Å². The van der Waals surface area contributed by atoms with E-state index in [4.69, 9.17) is 9.40 Å². The standard InChI is InChI=1S/C19H17N5O/c1-2-6-17-15(5-1)23-19(25-17)13-4-3-9-24(11-13)18-14-7-8-20-10-16(14)21-12-22-18/h1-2,5-8,10,12-13H,3-4,9,11H2. The maximum atomic E-state index is 6.00. The summed E-state index contributed by atoms with van der Waals surface area (Å²) in [5, 5.41) is 1.04. The zero-order chi connectivity index (χ0) is 16.6. The summed E-state index contributed by atoms with van der Waals surface area (Å²) in [6.07, 6.45) is 7.34. The summed E-state index contributed by atoms with van der Waals surface area (Å²) in [6, 6.07) is 9.91. The van der Waals surface area contributed by atoms with Crippen LogP contribution >= 0.6 is 0 Å². The predicted molar refractivity (Wildman–Crippen MR) is 95.5 cm³/mol. The number of hydrogen-bond donors (Lipinski definition) is 0. The van der Waals surface area contributed by atoms with Crippen LogP contribution in [0.3, 0.4) is 0 Å². The lowest BCUT2D eigenvalue weighted by atomic mass is 9.97. The van der Waals surface area contributed by atoms with E-state index < -0.39 is 0 Å². The van der Waals surface area contributed by atoms with Gasteiger partial charge in [0.2, 0.25) is 0 Å². The number of piperidine rings is 1. The van der Waals surface area contributed by atoms with Crippen molar-refractivity contribution in [2.24, 2.45) is 0 Å². The van der Waals surface area contributed by atoms with Crippen LogP contribution in [0.2, 0.25) is 0 Å². The molecule has 0 saturated carbocycles. The quantitative estimate of drug-likeness (QED) is 0.559. The minimum absolute atomic E-state index is 0.271. The number of benzene rings is 1. The molecule has 0 bridgehead atoms. The van der Waals surface area contributed by atoms with Gasteiger partial charge >= 0.3 is 0 Å². The molecule has 25 heavy (non-hydrogen) atoms. The summed E-state index contributed by atoms with van der Waals surface area (Å²) in [4.78, 5) is 20.0. The fourth-order valence-corrected chi connectivity index (χ4v) is 3.58. The number of hydrogen-bond acceptors (Lipinski definition) is 6. The maximum Gasteiger partial charge on any atom is 0.200 e. The van der Waals surface area contributed by atoms with Gasteiger partial charge in [0.05, 0.1) is 17.6 Å². The van der Waals surface area contributed by atoms with Crippen molar-refractivity contribution in [1.29, 1.82) is 0 Å². The monoisotopic (exact) mass is 331 g/mol. The first-order valence-electron chi connectivity index (χ1n) is 8.53. The smallest absolute Gasteiger partial charge is 0.200 e. The first-order chi connectivity index (χ1) is 12.4. The van der Waals surface area contributed by atoms with Gasteiger partial charge in [0.1, 0.15) is 17.7 Å². The summed E-state index contributed by atoms with van der Waals surface area (Å²) in [7, 11) is 0. The van der Waals surface area contributed by atoms with Gasteiger partial charge in [-0.15, -0.1) is 0 Å². The van der Waals surface area contributed by atoms with Gasteiger partial charge in [-0.3, -0.25) is 4.98 Å². The summed E-state index contributed by atoms with van der Waals surface area (Å²) < 4.78 is 6.00. The molecule has 1 saturated heterocycles. The first-order valence-corrected chi connectivity index (χ1v) is 8.53. The van der Waals surface area contributed by atoms with Gasteiger partial charge in [-0.05, 0) is 31.0 Å². The van der Waals surface area contributed by atoms with Crippen LogP contribution in [-0.4, -0.2) is 33.0 Å². The molecule has 0 amide bonds. The zero-order valence-electron chi connectivity index (χ0n) is 13.7. The lowest BCUT2D eigenvalue weighted by Crippen LogP contribution is -2.35. The number of oxazole rings is 1. The van der Waals surface area contributed by atoms with Crippen LogP contribution in [0.25, 0.3) is 22.0 Å². The van der Waals surface area contributed by atoms with Gasteiger partial charge < -0.3 is 9.32 Å².